The average molecular weight is 493 g/mol. The minimum Gasteiger partial charge on any atom is -0.493 e. The molecule has 10 nitrogen and oxygen atoms in total. The van der Waals surface area contributed by atoms with Gasteiger partial charge in [0.15, 0.2) is 17.5 Å². The smallest absolute Gasteiger partial charge is 0.324 e. The number of nitrogens with one attached hydrogen (secondary N) is 3. The summed E-state index contributed by atoms with van der Waals surface area (Å²) in [5, 5.41) is 8.61. The van der Waals surface area contributed by atoms with Crippen LogP contribution < -0.4 is 30.2 Å². The van der Waals surface area contributed by atoms with Gasteiger partial charge in [-0.15, -0.1) is 24.0 Å². The van der Waals surface area contributed by atoms with Crippen molar-refractivity contribution in [2.75, 3.05) is 53.3 Å². The molecule has 150 valence electrons. The van der Waals surface area contributed by atoms with Gasteiger partial charge in [0.25, 0.3) is 0 Å². The second-order valence-electron chi connectivity index (χ2n) is 5.24. The molecule has 1 fully saturated rings. The van der Waals surface area contributed by atoms with E-state index in [-0.39, 0.29) is 49.0 Å². The van der Waals surface area contributed by atoms with Crippen LogP contribution in [0, 0.1) is 0 Å². The van der Waals surface area contributed by atoms with Gasteiger partial charge in [0, 0.05) is 38.0 Å². The van der Waals surface area contributed by atoms with Gasteiger partial charge in [0.2, 0.25) is 11.7 Å². The molecule has 11 heteroatoms. The molecule has 1 heterocycles. The van der Waals surface area contributed by atoms with E-state index in [0.29, 0.717) is 35.4 Å². The maximum Gasteiger partial charge on any atom is 0.324 e. The number of hydrogen-bond donors (Lipinski definition) is 3. The molecule has 0 spiro atoms. The molecule has 27 heavy (non-hydrogen) atoms. The maximum atomic E-state index is 11.6. The molecule has 1 aliphatic rings. The molecule has 3 amide bonds. The molecule has 2 rings (SSSR count). The van der Waals surface area contributed by atoms with Gasteiger partial charge in [-0.1, -0.05) is 0 Å². The van der Waals surface area contributed by atoms with E-state index in [0.717, 1.165) is 4.90 Å². The number of halogens is 1. The van der Waals surface area contributed by atoms with Crippen LogP contribution in [-0.4, -0.2) is 70.8 Å². The number of aliphatic imine (C=N–C) groups is 1. The summed E-state index contributed by atoms with van der Waals surface area (Å²) in [6.45, 7) is 0.626. The third kappa shape index (κ3) is 5.52. The largest absolute Gasteiger partial charge is 0.493 e. The molecular weight excluding hydrogens is 469 g/mol. The topological polar surface area (TPSA) is 114 Å². The molecule has 0 radical (unpaired) electrons. The Morgan fingerprint density at radius 3 is 2.26 bits per heavy atom. The normalized spacial score (nSPS) is 13.6. The van der Waals surface area contributed by atoms with Gasteiger partial charge >= 0.3 is 6.03 Å². The highest BCUT2D eigenvalue weighted by molar-refractivity contribution is 14.0. The fourth-order valence-corrected chi connectivity index (χ4v) is 2.44. The van der Waals surface area contributed by atoms with Crippen molar-refractivity contribution in [2.24, 2.45) is 4.99 Å². The predicted molar refractivity (Wildman–Crippen MR) is 112 cm³/mol. The van der Waals surface area contributed by atoms with E-state index < -0.39 is 0 Å². The van der Waals surface area contributed by atoms with Crippen molar-refractivity contribution in [1.82, 2.24) is 15.5 Å². The van der Waals surface area contributed by atoms with Crippen molar-refractivity contribution in [3.05, 3.63) is 12.1 Å². The van der Waals surface area contributed by atoms with Gasteiger partial charge in [0.05, 0.1) is 27.9 Å². The van der Waals surface area contributed by atoms with Crippen LogP contribution in [0.1, 0.15) is 0 Å². The highest BCUT2D eigenvalue weighted by Crippen LogP contribution is 2.39. The lowest BCUT2D eigenvalue weighted by atomic mass is 10.2. The second-order valence-corrected chi connectivity index (χ2v) is 5.24. The van der Waals surface area contributed by atoms with Crippen molar-refractivity contribution in [1.29, 1.82) is 0 Å². The van der Waals surface area contributed by atoms with Gasteiger partial charge in [0.1, 0.15) is 0 Å². The molecule has 0 saturated carbocycles. The van der Waals surface area contributed by atoms with E-state index in [1.54, 1.807) is 19.2 Å². The minimum absolute atomic E-state index is 0. The second kappa shape index (κ2) is 10.6. The molecule has 0 atom stereocenters. The first-order valence-corrected chi connectivity index (χ1v) is 7.89. The lowest BCUT2D eigenvalue weighted by Gasteiger charge is -2.17. The number of amides is 3. The highest BCUT2D eigenvalue weighted by atomic mass is 127. The Bertz CT molecular complexity index is 671. The first-order chi connectivity index (χ1) is 12.5. The summed E-state index contributed by atoms with van der Waals surface area (Å²) in [6.07, 6.45) is 0. The third-order valence-electron chi connectivity index (χ3n) is 3.72. The maximum absolute atomic E-state index is 11.6. The first-order valence-electron chi connectivity index (χ1n) is 7.89. The number of urea groups is 1. The fraction of sp³-hybridized carbons (Fsp3) is 0.438. The number of rotatable bonds is 7. The Morgan fingerprint density at radius 1 is 1.19 bits per heavy atom. The van der Waals surface area contributed by atoms with E-state index in [1.165, 1.54) is 21.3 Å². The summed E-state index contributed by atoms with van der Waals surface area (Å²) in [7, 11) is 6.21. The van der Waals surface area contributed by atoms with E-state index >= 15 is 0 Å². The Kier molecular flexibility index (Phi) is 8.91. The van der Waals surface area contributed by atoms with Crippen molar-refractivity contribution in [3.63, 3.8) is 0 Å². The number of ether oxygens (including phenoxy) is 3. The summed E-state index contributed by atoms with van der Waals surface area (Å²) >= 11 is 0. The quantitative estimate of drug-likeness (QED) is 0.224. The van der Waals surface area contributed by atoms with E-state index in [4.69, 9.17) is 14.2 Å². The number of benzene rings is 1. The SMILES string of the molecule is CN=C(NCCN1C(=O)CNC1=O)Nc1cc(OC)c(OC)c(OC)c1.I. The molecule has 0 aliphatic carbocycles. The first kappa shape index (κ1) is 22.6. The number of carbonyl (C=O) groups excluding carboxylic acids is 2. The molecule has 1 aliphatic heterocycles. The van der Waals surface area contributed by atoms with Crippen LogP contribution in [0.3, 0.4) is 0 Å². The molecule has 3 N–H and O–H groups in total. The standard InChI is InChI=1S/C16H23N5O5.HI/c1-17-15(18-5-6-21-13(22)9-19-16(21)23)20-10-7-11(24-2)14(26-4)12(8-10)25-3;/h7-8H,5-6,9H2,1-4H3,(H,19,23)(H2,17,18,20);1H. The van der Waals surface area contributed by atoms with Gasteiger partial charge < -0.3 is 30.2 Å². The van der Waals surface area contributed by atoms with Gasteiger partial charge in [-0.3, -0.25) is 14.7 Å². The van der Waals surface area contributed by atoms with E-state index in [2.05, 4.69) is 20.9 Å². The van der Waals surface area contributed by atoms with Gasteiger partial charge in [-0.2, -0.15) is 0 Å². The van der Waals surface area contributed by atoms with Gasteiger partial charge in [-0.25, -0.2) is 4.79 Å². The summed E-state index contributed by atoms with van der Waals surface area (Å²) in [4.78, 5) is 28.3. The molecule has 1 aromatic carbocycles. The van der Waals surface area contributed by atoms with Crippen molar-refractivity contribution >= 4 is 47.6 Å². The van der Waals surface area contributed by atoms with Crippen LogP contribution in [0.2, 0.25) is 0 Å². The lowest BCUT2D eigenvalue weighted by molar-refractivity contribution is -0.124. The van der Waals surface area contributed by atoms with Crippen LogP contribution in [0.4, 0.5) is 10.5 Å². The predicted octanol–water partition coefficient (Wildman–Crippen LogP) is 0.869. The van der Waals surface area contributed by atoms with Crippen molar-refractivity contribution in [2.45, 2.75) is 0 Å². The zero-order valence-corrected chi connectivity index (χ0v) is 18.0. The Hall–Kier alpha value is -2.44. The zero-order chi connectivity index (χ0) is 19.1. The molecule has 1 aromatic rings. The van der Waals surface area contributed by atoms with Gasteiger partial charge in [-0.05, 0) is 0 Å². The number of nitrogens with zero attached hydrogens (tertiary/aromatic N) is 2. The molecular formula is C16H24IN5O5. The van der Waals surface area contributed by atoms with Crippen LogP contribution >= 0.6 is 24.0 Å². The minimum atomic E-state index is -0.385. The van der Waals surface area contributed by atoms with Crippen LogP contribution in [0.15, 0.2) is 17.1 Å². The van der Waals surface area contributed by atoms with Crippen LogP contribution in [0.25, 0.3) is 0 Å². The highest BCUT2D eigenvalue weighted by Gasteiger charge is 2.27. The van der Waals surface area contributed by atoms with E-state index in [9.17, 15) is 9.59 Å². The monoisotopic (exact) mass is 493 g/mol. The average Bonchev–Trinajstić information content (AvgIpc) is 2.98. The Morgan fingerprint density at radius 2 is 1.81 bits per heavy atom. The molecule has 1 saturated heterocycles. The summed E-state index contributed by atoms with van der Waals surface area (Å²) in [5.41, 5.74) is 0.669. The third-order valence-corrected chi connectivity index (χ3v) is 3.72. The Labute approximate surface area is 174 Å². The number of imide groups is 1. The van der Waals surface area contributed by atoms with Crippen LogP contribution in [-0.2, 0) is 4.79 Å². The molecule has 0 bridgehead atoms. The zero-order valence-electron chi connectivity index (χ0n) is 15.6. The Balaban J connectivity index is 0.00000364. The number of hydrogen-bond acceptors (Lipinski definition) is 6. The fourth-order valence-electron chi connectivity index (χ4n) is 2.44. The summed E-state index contributed by atoms with van der Waals surface area (Å²) in [5.74, 6) is 1.71. The number of methoxy groups -OCH3 is 3. The van der Waals surface area contributed by atoms with Crippen LogP contribution in [0.5, 0.6) is 17.2 Å². The van der Waals surface area contributed by atoms with Crippen molar-refractivity contribution in [3.8, 4) is 17.2 Å². The van der Waals surface area contributed by atoms with Crippen molar-refractivity contribution < 1.29 is 23.8 Å². The number of anilines is 1. The number of guanidine groups is 1. The molecule has 0 aromatic heterocycles. The van der Waals surface area contributed by atoms with E-state index in [1.807, 2.05) is 0 Å². The summed E-state index contributed by atoms with van der Waals surface area (Å²) in [6, 6.07) is 3.10. The lowest BCUT2D eigenvalue weighted by Crippen LogP contribution is -2.40. The number of carbonyl (C=O) groups is 2. The summed E-state index contributed by atoms with van der Waals surface area (Å²) < 4.78 is 15.9. The molecule has 0 unspecified atom stereocenters.